The van der Waals surface area contributed by atoms with E-state index < -0.39 is 17.8 Å². The lowest BCUT2D eigenvalue weighted by molar-refractivity contribution is -0.142. The molecule has 0 bridgehead atoms. The fraction of sp³-hybridized carbons (Fsp3) is 0.571. The molecule has 2 N–H and O–H groups in total. The zero-order chi connectivity index (χ0) is 15.6. The third kappa shape index (κ3) is 3.50. The van der Waals surface area contributed by atoms with Gasteiger partial charge >= 0.3 is 5.97 Å². The molecule has 2 atom stereocenters. The first-order valence-corrected chi connectivity index (χ1v) is 7.34. The summed E-state index contributed by atoms with van der Waals surface area (Å²) in [4.78, 5) is 31.7. The van der Waals surface area contributed by atoms with Gasteiger partial charge in [0.1, 0.15) is 11.5 Å². The van der Waals surface area contributed by atoms with Crippen LogP contribution in [0.2, 0.25) is 5.02 Å². The molecule has 0 aromatic carbocycles. The van der Waals surface area contributed by atoms with Crippen LogP contribution in [0, 0.1) is 5.92 Å². The number of carbonyl (C=O) groups is 2. The molecule has 0 spiro atoms. The van der Waals surface area contributed by atoms with E-state index in [1.807, 2.05) is 13.8 Å². The fourth-order valence-corrected chi connectivity index (χ4v) is 2.66. The number of halogens is 1. The van der Waals surface area contributed by atoms with Gasteiger partial charge in [-0.05, 0) is 12.8 Å². The molecule has 0 radical (unpaired) electrons. The number of carboxylic acids is 1. The minimum Gasteiger partial charge on any atom is -0.481 e. The highest BCUT2D eigenvalue weighted by Gasteiger charge is 2.34. The average molecular weight is 312 g/mol. The van der Waals surface area contributed by atoms with Crippen LogP contribution < -0.4 is 5.32 Å². The van der Waals surface area contributed by atoms with Crippen LogP contribution in [0.3, 0.4) is 0 Å². The second-order valence-corrected chi connectivity index (χ2v) is 5.94. The zero-order valence-electron chi connectivity index (χ0n) is 12.0. The van der Waals surface area contributed by atoms with E-state index in [0.717, 1.165) is 6.42 Å². The summed E-state index contributed by atoms with van der Waals surface area (Å²) in [6.07, 6.45) is 3.43. The number of aromatic nitrogens is 2. The third-order valence-corrected chi connectivity index (χ3v) is 3.92. The summed E-state index contributed by atoms with van der Waals surface area (Å²) in [6, 6.07) is -0.372. The fourth-order valence-electron chi connectivity index (χ4n) is 2.48. The Balaban J connectivity index is 2.17. The lowest BCUT2D eigenvalue weighted by Gasteiger charge is -2.18. The van der Waals surface area contributed by atoms with E-state index in [1.165, 1.54) is 6.20 Å². The number of nitrogens with one attached hydrogen (secondary N) is 1. The predicted molar refractivity (Wildman–Crippen MR) is 77.4 cm³/mol. The molecule has 2 unspecified atom stereocenters. The van der Waals surface area contributed by atoms with E-state index in [9.17, 15) is 9.59 Å². The van der Waals surface area contributed by atoms with Crippen molar-refractivity contribution < 1.29 is 14.7 Å². The molecule has 1 aliphatic rings. The lowest BCUT2D eigenvalue weighted by Crippen LogP contribution is -2.40. The maximum Gasteiger partial charge on any atom is 0.308 e. The van der Waals surface area contributed by atoms with Crippen molar-refractivity contribution in [2.45, 2.75) is 45.1 Å². The summed E-state index contributed by atoms with van der Waals surface area (Å²) in [7, 11) is 0. The molecule has 7 heteroatoms. The minimum absolute atomic E-state index is 0.0760. The molecular formula is C14H18ClN3O3. The normalized spacial score (nSPS) is 21.5. The zero-order valence-corrected chi connectivity index (χ0v) is 12.7. The van der Waals surface area contributed by atoms with Crippen LogP contribution in [0.25, 0.3) is 0 Å². The first-order chi connectivity index (χ1) is 9.90. The molecule has 1 saturated carbocycles. The van der Waals surface area contributed by atoms with Crippen LogP contribution in [-0.4, -0.2) is 33.0 Å². The van der Waals surface area contributed by atoms with Crippen molar-refractivity contribution in [3.8, 4) is 0 Å². The van der Waals surface area contributed by atoms with Crippen molar-refractivity contribution in [2.75, 3.05) is 0 Å². The molecule has 1 aliphatic carbocycles. The summed E-state index contributed by atoms with van der Waals surface area (Å²) in [5.74, 6) is -1.26. The molecule has 1 fully saturated rings. The monoisotopic (exact) mass is 311 g/mol. The molecule has 0 aliphatic heterocycles. The minimum atomic E-state index is -0.880. The SMILES string of the molecule is CC(C)c1ncc(Cl)c(C(=O)NC2CCCC2C(=O)O)n1. The Bertz CT molecular complexity index is 562. The number of aliphatic carboxylic acids is 1. The second kappa shape index (κ2) is 6.39. The number of nitrogens with zero attached hydrogens (tertiary/aromatic N) is 2. The lowest BCUT2D eigenvalue weighted by atomic mass is 10.0. The van der Waals surface area contributed by atoms with Gasteiger partial charge in [-0.15, -0.1) is 0 Å². The maximum atomic E-state index is 12.3. The quantitative estimate of drug-likeness (QED) is 0.889. The molecule has 114 valence electrons. The molecule has 21 heavy (non-hydrogen) atoms. The first-order valence-electron chi connectivity index (χ1n) is 6.96. The molecule has 1 amide bonds. The molecule has 2 rings (SSSR count). The van der Waals surface area contributed by atoms with Crippen LogP contribution in [0.1, 0.15) is 55.3 Å². The van der Waals surface area contributed by atoms with Crippen molar-refractivity contribution in [1.82, 2.24) is 15.3 Å². The highest BCUT2D eigenvalue weighted by Crippen LogP contribution is 2.26. The van der Waals surface area contributed by atoms with Crippen molar-refractivity contribution in [1.29, 1.82) is 0 Å². The number of rotatable bonds is 4. The molecule has 1 aromatic heterocycles. The average Bonchev–Trinajstić information content (AvgIpc) is 2.87. The largest absolute Gasteiger partial charge is 0.481 e. The van der Waals surface area contributed by atoms with Gasteiger partial charge in [-0.2, -0.15) is 0 Å². The summed E-state index contributed by atoms with van der Waals surface area (Å²) >= 11 is 5.98. The van der Waals surface area contributed by atoms with Crippen molar-refractivity contribution in [3.05, 3.63) is 22.7 Å². The first kappa shape index (κ1) is 15.7. The third-order valence-electron chi connectivity index (χ3n) is 3.64. The molecule has 0 saturated heterocycles. The number of carboxylic acid groups (broad SMARTS) is 1. The summed E-state index contributed by atoms with van der Waals surface area (Å²) < 4.78 is 0. The maximum absolute atomic E-state index is 12.3. The van der Waals surface area contributed by atoms with Gasteiger partial charge in [0.25, 0.3) is 5.91 Å². The van der Waals surface area contributed by atoms with Crippen LogP contribution >= 0.6 is 11.6 Å². The Labute approximate surface area is 127 Å². The Morgan fingerprint density at radius 1 is 1.43 bits per heavy atom. The van der Waals surface area contributed by atoms with Crippen molar-refractivity contribution >= 4 is 23.5 Å². The van der Waals surface area contributed by atoms with Crippen molar-refractivity contribution in [3.63, 3.8) is 0 Å². The molecule has 1 heterocycles. The van der Waals surface area contributed by atoms with E-state index in [4.69, 9.17) is 16.7 Å². The molecular weight excluding hydrogens is 294 g/mol. The van der Waals surface area contributed by atoms with Crippen LogP contribution in [0.4, 0.5) is 0 Å². The van der Waals surface area contributed by atoms with Gasteiger partial charge in [-0.3, -0.25) is 9.59 Å². The van der Waals surface area contributed by atoms with Gasteiger partial charge in [0.2, 0.25) is 0 Å². The molecule has 6 nitrogen and oxygen atoms in total. The topological polar surface area (TPSA) is 92.2 Å². The van der Waals surface area contributed by atoms with Gasteiger partial charge < -0.3 is 10.4 Å². The summed E-state index contributed by atoms with van der Waals surface area (Å²) in [5.41, 5.74) is 0.103. The Kier molecular flexibility index (Phi) is 4.77. The Morgan fingerprint density at radius 2 is 2.14 bits per heavy atom. The molecule has 1 aromatic rings. The van der Waals surface area contributed by atoms with Gasteiger partial charge in [0, 0.05) is 12.0 Å². The second-order valence-electron chi connectivity index (χ2n) is 5.54. The van der Waals surface area contributed by atoms with Crippen LogP contribution in [0.15, 0.2) is 6.20 Å². The van der Waals surface area contributed by atoms with Crippen LogP contribution in [0.5, 0.6) is 0 Å². The van der Waals surface area contributed by atoms with E-state index in [-0.39, 0.29) is 22.7 Å². The number of hydrogen-bond acceptors (Lipinski definition) is 4. The van der Waals surface area contributed by atoms with E-state index in [1.54, 1.807) is 0 Å². The number of carbonyl (C=O) groups excluding carboxylic acids is 1. The Morgan fingerprint density at radius 3 is 2.76 bits per heavy atom. The highest BCUT2D eigenvalue weighted by molar-refractivity contribution is 6.33. The van der Waals surface area contributed by atoms with E-state index in [2.05, 4.69) is 15.3 Å². The van der Waals surface area contributed by atoms with Gasteiger partial charge in [-0.1, -0.05) is 31.9 Å². The van der Waals surface area contributed by atoms with E-state index >= 15 is 0 Å². The predicted octanol–water partition coefficient (Wildman–Crippen LogP) is 2.24. The van der Waals surface area contributed by atoms with E-state index in [0.29, 0.717) is 18.7 Å². The Hall–Kier alpha value is -1.69. The van der Waals surface area contributed by atoms with Crippen LogP contribution in [-0.2, 0) is 4.79 Å². The van der Waals surface area contributed by atoms with Crippen molar-refractivity contribution in [2.24, 2.45) is 5.92 Å². The smallest absolute Gasteiger partial charge is 0.308 e. The number of hydrogen-bond donors (Lipinski definition) is 2. The number of amides is 1. The highest BCUT2D eigenvalue weighted by atomic mass is 35.5. The van der Waals surface area contributed by atoms with Gasteiger partial charge in [-0.25, -0.2) is 9.97 Å². The van der Waals surface area contributed by atoms with Gasteiger partial charge in [0.05, 0.1) is 17.1 Å². The summed E-state index contributed by atoms with van der Waals surface area (Å²) in [5, 5.41) is 12.0. The van der Waals surface area contributed by atoms with Gasteiger partial charge in [0.15, 0.2) is 0 Å². The summed E-state index contributed by atoms with van der Waals surface area (Å²) in [6.45, 7) is 3.84. The standard InChI is InChI=1S/C14H18ClN3O3/c1-7(2)12-16-6-9(15)11(18-12)13(19)17-10-5-3-4-8(10)14(20)21/h6-8,10H,3-5H2,1-2H3,(H,17,19)(H,20,21).